The molecule has 0 aliphatic rings. The van der Waals surface area contributed by atoms with Gasteiger partial charge in [-0.3, -0.25) is 4.57 Å². The first-order valence-electron chi connectivity index (χ1n) is 8.41. The van der Waals surface area contributed by atoms with Crippen molar-refractivity contribution < 1.29 is 14.6 Å². The van der Waals surface area contributed by atoms with Crippen LogP contribution >= 0.6 is 0 Å². The number of imidazole rings is 1. The van der Waals surface area contributed by atoms with Gasteiger partial charge in [0, 0.05) is 11.3 Å². The number of carbonyl (C=O) groups is 1. The molecular weight excluding hydrogens is 342 g/mol. The molecule has 1 N–H and O–H groups in total. The van der Waals surface area contributed by atoms with Crippen molar-refractivity contribution in [2.45, 2.75) is 6.92 Å². The monoisotopic (exact) mass is 359 g/mol. The van der Waals surface area contributed by atoms with Gasteiger partial charge in [-0.15, -0.1) is 0 Å². The molecule has 4 rings (SSSR count). The Kier molecular flexibility index (Phi) is 4.08. The Morgan fingerprint density at radius 1 is 1.07 bits per heavy atom. The van der Waals surface area contributed by atoms with Crippen molar-refractivity contribution in [2.24, 2.45) is 0 Å². The average Bonchev–Trinajstić information content (AvgIpc) is 3.10. The summed E-state index contributed by atoms with van der Waals surface area (Å²) < 4.78 is 7.08. The first kappa shape index (κ1) is 16.8. The third kappa shape index (κ3) is 2.81. The zero-order valence-electron chi connectivity index (χ0n) is 14.9. The predicted octanol–water partition coefficient (Wildman–Crippen LogP) is 4.10. The van der Waals surface area contributed by atoms with Crippen LogP contribution in [0.15, 0.2) is 60.9 Å². The molecule has 2 heterocycles. The van der Waals surface area contributed by atoms with Crippen molar-refractivity contribution >= 4 is 17.1 Å². The number of carboxylic acid groups (broad SMARTS) is 1. The van der Waals surface area contributed by atoms with Crippen LogP contribution in [-0.2, 0) is 0 Å². The molecule has 0 fully saturated rings. The molecule has 0 amide bonds. The van der Waals surface area contributed by atoms with Crippen LogP contribution in [0.25, 0.3) is 28.0 Å². The molecule has 2 aromatic heterocycles. The minimum absolute atomic E-state index is 0.184. The Bertz CT molecular complexity index is 1130. The first-order chi connectivity index (χ1) is 13.1. The topological polar surface area (TPSA) is 77.2 Å². The number of methoxy groups -OCH3 is 1. The third-order valence-electron chi connectivity index (χ3n) is 4.50. The second-order valence-corrected chi connectivity index (χ2v) is 6.10. The summed E-state index contributed by atoms with van der Waals surface area (Å²) in [6, 6.07) is 17.0. The molecule has 0 aliphatic carbocycles. The lowest BCUT2D eigenvalue weighted by atomic mass is 9.98. The molecule has 0 saturated carbocycles. The molecule has 27 heavy (non-hydrogen) atoms. The van der Waals surface area contributed by atoms with Gasteiger partial charge in [0.05, 0.1) is 18.4 Å². The van der Waals surface area contributed by atoms with E-state index in [4.69, 9.17) is 4.74 Å². The van der Waals surface area contributed by atoms with Crippen LogP contribution in [0.1, 0.15) is 16.1 Å². The number of nitrogens with zero attached hydrogens (tertiary/aromatic N) is 3. The molecule has 6 heteroatoms. The highest BCUT2D eigenvalue weighted by molar-refractivity contribution is 6.05. The van der Waals surface area contributed by atoms with E-state index in [2.05, 4.69) is 9.97 Å². The number of aryl methyl sites for hydroxylation is 1. The average molecular weight is 359 g/mol. The second kappa shape index (κ2) is 6.57. The maximum Gasteiger partial charge on any atom is 0.338 e. The highest BCUT2D eigenvalue weighted by Gasteiger charge is 2.23. The lowest BCUT2D eigenvalue weighted by Crippen LogP contribution is -2.07. The number of hydrogen-bond donors (Lipinski definition) is 1. The zero-order valence-corrected chi connectivity index (χ0v) is 14.9. The van der Waals surface area contributed by atoms with Gasteiger partial charge < -0.3 is 9.84 Å². The predicted molar refractivity (Wildman–Crippen MR) is 103 cm³/mol. The third-order valence-corrected chi connectivity index (χ3v) is 4.50. The highest BCUT2D eigenvalue weighted by atomic mass is 16.5. The van der Waals surface area contributed by atoms with Crippen LogP contribution in [0.3, 0.4) is 0 Å². The quantitative estimate of drug-likeness (QED) is 0.593. The van der Waals surface area contributed by atoms with Crippen molar-refractivity contribution in [2.75, 3.05) is 7.11 Å². The molecule has 2 aromatic carbocycles. The van der Waals surface area contributed by atoms with E-state index in [9.17, 15) is 9.90 Å². The van der Waals surface area contributed by atoms with Crippen LogP contribution in [0.5, 0.6) is 5.75 Å². The number of aromatic carboxylic acids is 1. The minimum atomic E-state index is -1.01. The first-order valence-corrected chi connectivity index (χ1v) is 8.41. The molecule has 4 aromatic rings. The van der Waals surface area contributed by atoms with Gasteiger partial charge in [0.2, 0.25) is 0 Å². The standard InChI is InChI=1S/C21H17N3O3/c1-13-17(21(25)26)18(14-6-4-3-5-7-14)19-20(23-13)22-12-24(19)15-8-10-16(27-2)11-9-15/h3-12H,1-2H3,(H,25,26). The second-order valence-electron chi connectivity index (χ2n) is 6.10. The summed E-state index contributed by atoms with van der Waals surface area (Å²) in [6.45, 7) is 1.70. The fraction of sp³-hybridized carbons (Fsp3) is 0.0952. The van der Waals surface area contributed by atoms with Crippen molar-refractivity contribution in [3.05, 3.63) is 72.2 Å². The van der Waals surface area contributed by atoms with Gasteiger partial charge in [0.1, 0.15) is 17.6 Å². The Balaban J connectivity index is 2.08. The van der Waals surface area contributed by atoms with E-state index in [1.165, 1.54) is 0 Å². The molecule has 0 saturated heterocycles. The molecular formula is C21H17N3O3. The molecule has 0 bridgehead atoms. The summed E-state index contributed by atoms with van der Waals surface area (Å²) in [6.07, 6.45) is 1.66. The van der Waals surface area contributed by atoms with Crippen molar-refractivity contribution in [3.8, 4) is 22.6 Å². The lowest BCUT2D eigenvalue weighted by Gasteiger charge is -2.13. The van der Waals surface area contributed by atoms with Gasteiger partial charge in [0.15, 0.2) is 5.65 Å². The molecule has 0 spiro atoms. The van der Waals surface area contributed by atoms with Gasteiger partial charge in [-0.1, -0.05) is 30.3 Å². The maximum absolute atomic E-state index is 12.0. The number of benzene rings is 2. The van der Waals surface area contributed by atoms with Gasteiger partial charge in [-0.05, 0) is 36.8 Å². The maximum atomic E-state index is 12.0. The number of aromatic nitrogens is 3. The van der Waals surface area contributed by atoms with Crippen molar-refractivity contribution in [1.82, 2.24) is 14.5 Å². The van der Waals surface area contributed by atoms with E-state index in [-0.39, 0.29) is 5.56 Å². The van der Waals surface area contributed by atoms with Gasteiger partial charge in [-0.2, -0.15) is 0 Å². The van der Waals surface area contributed by atoms with Crippen molar-refractivity contribution in [3.63, 3.8) is 0 Å². The summed E-state index contributed by atoms with van der Waals surface area (Å²) in [5.74, 6) is -0.269. The SMILES string of the molecule is COc1ccc(-n2cnc3nc(C)c(C(=O)O)c(-c4ccccc4)c32)cc1. The van der Waals surface area contributed by atoms with E-state index in [0.717, 1.165) is 17.0 Å². The number of pyridine rings is 1. The largest absolute Gasteiger partial charge is 0.497 e. The van der Waals surface area contributed by atoms with Crippen LogP contribution in [0, 0.1) is 6.92 Å². The Morgan fingerprint density at radius 2 is 1.78 bits per heavy atom. The Hall–Kier alpha value is -3.67. The number of fused-ring (bicyclic) bond motifs is 1. The zero-order chi connectivity index (χ0) is 19.0. The number of hydrogen-bond acceptors (Lipinski definition) is 4. The smallest absolute Gasteiger partial charge is 0.338 e. The van der Waals surface area contributed by atoms with E-state index >= 15 is 0 Å². The summed E-state index contributed by atoms with van der Waals surface area (Å²) in [5, 5.41) is 9.85. The number of carboxylic acids is 1. The van der Waals surface area contributed by atoms with Crippen LogP contribution < -0.4 is 4.74 Å². The lowest BCUT2D eigenvalue weighted by molar-refractivity contribution is 0.0696. The summed E-state index contributed by atoms with van der Waals surface area (Å²) >= 11 is 0. The van der Waals surface area contributed by atoms with E-state index in [0.29, 0.717) is 22.4 Å². The fourth-order valence-corrected chi connectivity index (χ4v) is 3.25. The normalized spacial score (nSPS) is 10.9. The van der Waals surface area contributed by atoms with Gasteiger partial charge in [0.25, 0.3) is 0 Å². The molecule has 134 valence electrons. The van der Waals surface area contributed by atoms with Crippen LogP contribution in [0.2, 0.25) is 0 Å². The fourth-order valence-electron chi connectivity index (χ4n) is 3.25. The summed E-state index contributed by atoms with van der Waals surface area (Å²) in [5.41, 5.74) is 4.05. The van der Waals surface area contributed by atoms with Gasteiger partial charge in [-0.25, -0.2) is 14.8 Å². The van der Waals surface area contributed by atoms with Gasteiger partial charge >= 0.3 is 5.97 Å². The van der Waals surface area contributed by atoms with E-state index in [1.54, 1.807) is 20.4 Å². The van der Waals surface area contributed by atoms with Crippen molar-refractivity contribution in [1.29, 1.82) is 0 Å². The Labute approximate surface area is 155 Å². The number of rotatable bonds is 4. The van der Waals surface area contributed by atoms with E-state index in [1.807, 2.05) is 59.2 Å². The minimum Gasteiger partial charge on any atom is -0.497 e. The number of ether oxygens (including phenoxy) is 1. The molecule has 0 radical (unpaired) electrons. The molecule has 0 atom stereocenters. The summed E-state index contributed by atoms with van der Waals surface area (Å²) in [4.78, 5) is 20.9. The summed E-state index contributed by atoms with van der Waals surface area (Å²) in [7, 11) is 1.61. The van der Waals surface area contributed by atoms with Crippen LogP contribution in [0.4, 0.5) is 0 Å². The molecule has 0 unspecified atom stereocenters. The molecule has 6 nitrogen and oxygen atoms in total. The Morgan fingerprint density at radius 3 is 2.41 bits per heavy atom. The molecule has 0 aliphatic heterocycles. The highest BCUT2D eigenvalue weighted by Crippen LogP contribution is 2.34. The van der Waals surface area contributed by atoms with E-state index < -0.39 is 5.97 Å². The van der Waals surface area contributed by atoms with Crippen LogP contribution in [-0.4, -0.2) is 32.7 Å².